The van der Waals surface area contributed by atoms with Crippen molar-refractivity contribution in [1.82, 2.24) is 5.32 Å². The number of nitrogens with one attached hydrogen (secondary N) is 1. The summed E-state index contributed by atoms with van der Waals surface area (Å²) in [4.78, 5) is 12.0. The number of alkyl halides is 2. The summed E-state index contributed by atoms with van der Waals surface area (Å²) in [5.74, 6) is 0.0198. The Morgan fingerprint density at radius 1 is 1.04 bits per heavy atom. The molecule has 23 heavy (non-hydrogen) atoms. The van der Waals surface area contributed by atoms with Crippen molar-refractivity contribution in [3.63, 3.8) is 0 Å². The lowest BCUT2D eigenvalue weighted by Crippen LogP contribution is -2.24. The third-order valence-electron chi connectivity index (χ3n) is 3.57. The molecule has 0 bridgehead atoms. The van der Waals surface area contributed by atoms with E-state index < -0.39 is 6.61 Å². The molecule has 5 heteroatoms. The molecule has 0 atom stereocenters. The number of aryl methyl sites for hydroxylation is 2. The lowest BCUT2D eigenvalue weighted by atomic mass is 10.0. The summed E-state index contributed by atoms with van der Waals surface area (Å²) >= 11 is 0. The lowest BCUT2D eigenvalue weighted by molar-refractivity contribution is -0.120. The number of ether oxygens (including phenoxy) is 1. The van der Waals surface area contributed by atoms with Gasteiger partial charge in [0, 0.05) is 6.54 Å². The molecule has 0 unspecified atom stereocenters. The Labute approximate surface area is 134 Å². The SMILES string of the molecule is Cc1ccc(CC(=O)NCc2ccc(OC(F)F)cc2)cc1C. The Hall–Kier alpha value is -2.43. The van der Waals surface area contributed by atoms with Crippen LogP contribution < -0.4 is 10.1 Å². The van der Waals surface area contributed by atoms with Gasteiger partial charge in [0.05, 0.1) is 6.42 Å². The van der Waals surface area contributed by atoms with E-state index in [0.29, 0.717) is 13.0 Å². The van der Waals surface area contributed by atoms with Crippen LogP contribution >= 0.6 is 0 Å². The molecule has 0 aliphatic carbocycles. The lowest BCUT2D eigenvalue weighted by Gasteiger charge is -2.08. The van der Waals surface area contributed by atoms with Crippen LogP contribution in [0.25, 0.3) is 0 Å². The number of benzene rings is 2. The molecule has 0 saturated heterocycles. The van der Waals surface area contributed by atoms with Crippen molar-refractivity contribution in [3.8, 4) is 5.75 Å². The highest BCUT2D eigenvalue weighted by molar-refractivity contribution is 5.78. The van der Waals surface area contributed by atoms with Gasteiger partial charge in [-0.15, -0.1) is 0 Å². The Kier molecular flexibility index (Phi) is 5.68. The van der Waals surface area contributed by atoms with Gasteiger partial charge in [0.1, 0.15) is 5.75 Å². The standard InChI is InChI=1S/C18H19F2NO2/c1-12-3-4-15(9-13(12)2)10-17(22)21-11-14-5-7-16(8-6-14)23-18(19)20/h3-9,18H,10-11H2,1-2H3,(H,21,22). The highest BCUT2D eigenvalue weighted by Gasteiger charge is 2.06. The predicted octanol–water partition coefficient (Wildman–Crippen LogP) is 3.76. The van der Waals surface area contributed by atoms with E-state index in [1.165, 1.54) is 17.7 Å². The second-order valence-corrected chi connectivity index (χ2v) is 5.39. The van der Waals surface area contributed by atoms with Crippen LogP contribution in [0.15, 0.2) is 42.5 Å². The average molecular weight is 319 g/mol. The predicted molar refractivity (Wildman–Crippen MR) is 84.5 cm³/mol. The number of carbonyl (C=O) groups is 1. The summed E-state index contributed by atoms with van der Waals surface area (Å²) in [7, 11) is 0. The fraction of sp³-hybridized carbons (Fsp3) is 0.278. The zero-order chi connectivity index (χ0) is 16.8. The summed E-state index contributed by atoms with van der Waals surface area (Å²) in [6, 6.07) is 12.2. The molecule has 0 heterocycles. The van der Waals surface area contributed by atoms with Gasteiger partial charge in [0.15, 0.2) is 0 Å². The fourth-order valence-corrected chi connectivity index (χ4v) is 2.15. The Bertz CT molecular complexity index is 669. The molecular formula is C18H19F2NO2. The Balaban J connectivity index is 1.85. The van der Waals surface area contributed by atoms with E-state index in [-0.39, 0.29) is 11.7 Å². The van der Waals surface area contributed by atoms with Crippen LogP contribution in [0, 0.1) is 13.8 Å². The Morgan fingerprint density at radius 3 is 2.30 bits per heavy atom. The largest absolute Gasteiger partial charge is 0.435 e. The van der Waals surface area contributed by atoms with Gasteiger partial charge in [-0.2, -0.15) is 8.78 Å². The molecule has 0 aliphatic heterocycles. The number of hydrogen-bond acceptors (Lipinski definition) is 2. The first-order valence-corrected chi connectivity index (χ1v) is 7.30. The first-order chi connectivity index (χ1) is 10.9. The van der Waals surface area contributed by atoms with Crippen molar-refractivity contribution in [2.75, 3.05) is 0 Å². The minimum Gasteiger partial charge on any atom is -0.435 e. The van der Waals surface area contributed by atoms with Gasteiger partial charge in [-0.25, -0.2) is 0 Å². The van der Waals surface area contributed by atoms with Gasteiger partial charge in [0.2, 0.25) is 5.91 Å². The first kappa shape index (κ1) is 16.9. The van der Waals surface area contributed by atoms with Crippen LogP contribution in [0.4, 0.5) is 8.78 Å². The number of hydrogen-bond donors (Lipinski definition) is 1. The smallest absolute Gasteiger partial charge is 0.387 e. The molecule has 3 nitrogen and oxygen atoms in total. The van der Waals surface area contributed by atoms with E-state index in [0.717, 1.165) is 16.7 Å². The molecular weight excluding hydrogens is 300 g/mol. The van der Waals surface area contributed by atoms with Crippen molar-refractivity contribution < 1.29 is 18.3 Å². The van der Waals surface area contributed by atoms with Crippen LogP contribution in [0.3, 0.4) is 0 Å². The van der Waals surface area contributed by atoms with Crippen molar-refractivity contribution in [2.24, 2.45) is 0 Å². The monoisotopic (exact) mass is 319 g/mol. The second kappa shape index (κ2) is 7.72. The quantitative estimate of drug-likeness (QED) is 0.880. The summed E-state index contributed by atoms with van der Waals surface area (Å²) in [6.45, 7) is 1.55. The number of carbonyl (C=O) groups excluding carboxylic acids is 1. The maximum absolute atomic E-state index is 12.1. The summed E-state index contributed by atoms with van der Waals surface area (Å²) in [5, 5.41) is 2.81. The van der Waals surface area contributed by atoms with Crippen LogP contribution in [-0.4, -0.2) is 12.5 Å². The maximum atomic E-state index is 12.1. The van der Waals surface area contributed by atoms with E-state index in [9.17, 15) is 13.6 Å². The molecule has 122 valence electrons. The normalized spacial score (nSPS) is 10.7. The van der Waals surface area contributed by atoms with E-state index in [2.05, 4.69) is 10.1 Å². The third kappa shape index (κ3) is 5.36. The zero-order valence-electron chi connectivity index (χ0n) is 13.1. The molecule has 0 fully saturated rings. The summed E-state index contributed by atoms with van der Waals surface area (Å²) in [5.41, 5.74) is 4.14. The van der Waals surface area contributed by atoms with E-state index in [1.807, 2.05) is 32.0 Å². The second-order valence-electron chi connectivity index (χ2n) is 5.39. The number of amides is 1. The fourth-order valence-electron chi connectivity index (χ4n) is 2.15. The van der Waals surface area contributed by atoms with Gasteiger partial charge < -0.3 is 10.1 Å². The van der Waals surface area contributed by atoms with Crippen molar-refractivity contribution in [1.29, 1.82) is 0 Å². The average Bonchev–Trinajstić information content (AvgIpc) is 2.50. The first-order valence-electron chi connectivity index (χ1n) is 7.30. The van der Waals surface area contributed by atoms with E-state index >= 15 is 0 Å². The number of halogens is 2. The minimum atomic E-state index is -2.83. The molecule has 0 aromatic heterocycles. The molecule has 0 spiro atoms. The zero-order valence-corrected chi connectivity index (χ0v) is 13.1. The highest BCUT2D eigenvalue weighted by Crippen LogP contribution is 2.15. The van der Waals surface area contributed by atoms with Crippen LogP contribution in [0.1, 0.15) is 22.3 Å². The maximum Gasteiger partial charge on any atom is 0.387 e. The molecule has 1 amide bonds. The van der Waals surface area contributed by atoms with Crippen molar-refractivity contribution in [3.05, 3.63) is 64.7 Å². The van der Waals surface area contributed by atoms with Gasteiger partial charge >= 0.3 is 6.61 Å². The van der Waals surface area contributed by atoms with Crippen LogP contribution in [-0.2, 0) is 17.8 Å². The topological polar surface area (TPSA) is 38.3 Å². The van der Waals surface area contributed by atoms with E-state index in [4.69, 9.17) is 0 Å². The minimum absolute atomic E-state index is 0.0823. The van der Waals surface area contributed by atoms with Gasteiger partial charge in [-0.1, -0.05) is 30.3 Å². The highest BCUT2D eigenvalue weighted by atomic mass is 19.3. The summed E-state index contributed by atoms with van der Waals surface area (Å²) < 4.78 is 28.4. The summed E-state index contributed by atoms with van der Waals surface area (Å²) in [6.07, 6.45) is 0.313. The van der Waals surface area contributed by atoms with Crippen molar-refractivity contribution >= 4 is 5.91 Å². The molecule has 2 rings (SSSR count). The van der Waals surface area contributed by atoms with Gasteiger partial charge in [0.25, 0.3) is 0 Å². The van der Waals surface area contributed by atoms with E-state index in [1.54, 1.807) is 12.1 Å². The third-order valence-corrected chi connectivity index (χ3v) is 3.57. The van der Waals surface area contributed by atoms with Crippen LogP contribution in [0.2, 0.25) is 0 Å². The Morgan fingerprint density at radius 2 is 1.70 bits per heavy atom. The number of rotatable bonds is 6. The van der Waals surface area contributed by atoms with Crippen molar-refractivity contribution in [2.45, 2.75) is 33.4 Å². The molecule has 0 radical (unpaired) electrons. The molecule has 2 aromatic carbocycles. The molecule has 0 saturated carbocycles. The van der Waals surface area contributed by atoms with Gasteiger partial charge in [-0.05, 0) is 48.2 Å². The van der Waals surface area contributed by atoms with Crippen LogP contribution in [0.5, 0.6) is 5.75 Å². The molecule has 2 aromatic rings. The molecule has 1 N–H and O–H groups in total. The molecule has 0 aliphatic rings. The van der Waals surface area contributed by atoms with Gasteiger partial charge in [-0.3, -0.25) is 4.79 Å².